The third kappa shape index (κ3) is 9.57. The number of carbonyl (C=O) groups is 5. The van der Waals surface area contributed by atoms with E-state index in [1.165, 1.54) is 11.8 Å². The van der Waals surface area contributed by atoms with Crippen LogP contribution in [0.3, 0.4) is 0 Å². The quantitative estimate of drug-likeness (QED) is 0.195. The first-order valence-electron chi connectivity index (χ1n) is 10.2. The Morgan fingerprint density at radius 3 is 2.30 bits per heavy atom. The molecule has 1 heterocycles. The van der Waals surface area contributed by atoms with Crippen LogP contribution in [0.4, 0.5) is 0 Å². The molecule has 0 aromatic rings. The monoisotopic (exact) mass is 443 g/mol. The molecule has 0 radical (unpaired) electrons. The van der Waals surface area contributed by atoms with Gasteiger partial charge in [-0.05, 0) is 18.9 Å². The smallest absolute Gasteiger partial charge is 0.240 e. The lowest BCUT2D eigenvalue weighted by Crippen LogP contribution is -2.43. The molecule has 0 bridgehead atoms. The number of rotatable bonds is 14. The van der Waals surface area contributed by atoms with Crippen LogP contribution in [0.1, 0.15) is 33.1 Å². The normalized spacial score (nSPS) is 16.1. The molecule has 1 saturated heterocycles. The van der Waals surface area contributed by atoms with Crippen molar-refractivity contribution in [1.29, 1.82) is 0 Å². The van der Waals surface area contributed by atoms with Crippen LogP contribution >= 0.6 is 11.8 Å². The number of imide groups is 1. The van der Waals surface area contributed by atoms with E-state index in [0.717, 1.165) is 11.3 Å². The van der Waals surface area contributed by atoms with Gasteiger partial charge in [-0.3, -0.25) is 28.9 Å². The van der Waals surface area contributed by atoms with Crippen molar-refractivity contribution in [2.75, 3.05) is 44.2 Å². The number of nitrogens with zero attached hydrogens (tertiary/aromatic N) is 1. The molecule has 5 N–H and O–H groups in total. The van der Waals surface area contributed by atoms with Gasteiger partial charge in [-0.1, -0.05) is 13.8 Å². The maximum absolute atomic E-state index is 12.2. The molecule has 11 heteroatoms. The number of hydrogen-bond acceptors (Lipinski definition) is 7. The summed E-state index contributed by atoms with van der Waals surface area (Å²) in [6, 6.07) is 0. The van der Waals surface area contributed by atoms with Crippen molar-refractivity contribution in [2.24, 2.45) is 17.6 Å². The largest absolute Gasteiger partial charge is 0.355 e. The van der Waals surface area contributed by atoms with E-state index in [4.69, 9.17) is 5.73 Å². The van der Waals surface area contributed by atoms with Gasteiger partial charge in [0.15, 0.2) is 0 Å². The van der Waals surface area contributed by atoms with Crippen molar-refractivity contribution >= 4 is 41.3 Å². The maximum atomic E-state index is 12.2. The van der Waals surface area contributed by atoms with Crippen LogP contribution in [-0.4, -0.2) is 78.7 Å². The first-order valence-corrected chi connectivity index (χ1v) is 11.3. The Morgan fingerprint density at radius 2 is 1.70 bits per heavy atom. The predicted molar refractivity (Wildman–Crippen MR) is 114 cm³/mol. The molecule has 0 aromatic carbocycles. The molecule has 10 nitrogen and oxygen atoms in total. The molecule has 1 atom stereocenters. The van der Waals surface area contributed by atoms with Crippen LogP contribution in [0.15, 0.2) is 0 Å². The lowest BCUT2D eigenvalue weighted by atomic mass is 9.94. The fourth-order valence-electron chi connectivity index (χ4n) is 2.80. The number of nitrogens with one attached hydrogen (secondary N) is 3. The van der Waals surface area contributed by atoms with Gasteiger partial charge in [0.25, 0.3) is 0 Å². The predicted octanol–water partition coefficient (Wildman–Crippen LogP) is -1.16. The van der Waals surface area contributed by atoms with Crippen LogP contribution in [-0.2, 0) is 24.0 Å². The molecular formula is C19H33N5O5S. The fourth-order valence-corrected chi connectivity index (χ4v) is 3.56. The zero-order valence-corrected chi connectivity index (χ0v) is 18.5. The third-order valence-corrected chi connectivity index (χ3v) is 5.52. The van der Waals surface area contributed by atoms with Crippen molar-refractivity contribution in [3.63, 3.8) is 0 Å². The van der Waals surface area contributed by atoms with Gasteiger partial charge in [-0.2, -0.15) is 11.8 Å². The summed E-state index contributed by atoms with van der Waals surface area (Å²) in [7, 11) is 0. The second-order valence-electron chi connectivity index (χ2n) is 7.37. The highest BCUT2D eigenvalue weighted by molar-refractivity contribution is 7.99. The van der Waals surface area contributed by atoms with Gasteiger partial charge in [-0.15, -0.1) is 0 Å². The van der Waals surface area contributed by atoms with E-state index in [9.17, 15) is 24.0 Å². The van der Waals surface area contributed by atoms with E-state index >= 15 is 0 Å². The van der Waals surface area contributed by atoms with Crippen LogP contribution < -0.4 is 21.7 Å². The third-order valence-electron chi connectivity index (χ3n) is 4.56. The van der Waals surface area contributed by atoms with E-state index in [-0.39, 0.29) is 67.9 Å². The minimum atomic E-state index is -0.438. The highest BCUT2D eigenvalue weighted by atomic mass is 32.2. The Kier molecular flexibility index (Phi) is 12.1. The lowest BCUT2D eigenvalue weighted by molar-refractivity contribution is -0.143. The summed E-state index contributed by atoms with van der Waals surface area (Å²) >= 11 is 1.37. The molecule has 0 aliphatic carbocycles. The van der Waals surface area contributed by atoms with E-state index in [2.05, 4.69) is 16.0 Å². The number of carbonyl (C=O) groups excluding carboxylic acids is 5. The second-order valence-corrected chi connectivity index (χ2v) is 8.47. The van der Waals surface area contributed by atoms with Crippen molar-refractivity contribution < 1.29 is 24.0 Å². The molecule has 30 heavy (non-hydrogen) atoms. The van der Waals surface area contributed by atoms with E-state index in [1.54, 1.807) is 0 Å². The molecule has 170 valence electrons. The highest BCUT2D eigenvalue weighted by Crippen LogP contribution is 2.25. The molecule has 5 amide bonds. The van der Waals surface area contributed by atoms with Gasteiger partial charge in [0.1, 0.15) is 6.54 Å². The Hall–Kier alpha value is -2.14. The van der Waals surface area contributed by atoms with Gasteiger partial charge in [0.05, 0.1) is 5.75 Å². The summed E-state index contributed by atoms with van der Waals surface area (Å²) in [5, 5.41) is 8.00. The van der Waals surface area contributed by atoms with Crippen LogP contribution in [0.2, 0.25) is 0 Å². The van der Waals surface area contributed by atoms with Crippen LogP contribution in [0.5, 0.6) is 0 Å². The molecular weight excluding hydrogens is 410 g/mol. The van der Waals surface area contributed by atoms with Gasteiger partial charge < -0.3 is 21.7 Å². The average molecular weight is 444 g/mol. The average Bonchev–Trinajstić information content (AvgIpc) is 2.97. The molecule has 0 spiro atoms. The SMILES string of the molecule is CC(C)C1CC(=O)N(CC(=O)NCCNC(=O)CCSCC(=O)NCCCN)C1=O. The Morgan fingerprint density at radius 1 is 1.07 bits per heavy atom. The summed E-state index contributed by atoms with van der Waals surface area (Å²) in [6.45, 7) is 4.98. The summed E-state index contributed by atoms with van der Waals surface area (Å²) in [5.74, 6) is -0.828. The topological polar surface area (TPSA) is 151 Å². The van der Waals surface area contributed by atoms with E-state index in [0.29, 0.717) is 24.6 Å². The minimum Gasteiger partial charge on any atom is -0.355 e. The Bertz CT molecular complexity index is 628. The summed E-state index contributed by atoms with van der Waals surface area (Å²) in [6.07, 6.45) is 1.15. The van der Waals surface area contributed by atoms with Crippen LogP contribution in [0.25, 0.3) is 0 Å². The molecule has 0 saturated carbocycles. The van der Waals surface area contributed by atoms with Crippen molar-refractivity contribution in [3.8, 4) is 0 Å². The molecule has 1 unspecified atom stereocenters. The molecule has 1 aliphatic heterocycles. The number of thioether (sulfide) groups is 1. The number of hydrogen-bond donors (Lipinski definition) is 4. The Balaban J connectivity index is 2.10. The van der Waals surface area contributed by atoms with Crippen molar-refractivity contribution in [3.05, 3.63) is 0 Å². The summed E-state index contributed by atoms with van der Waals surface area (Å²) < 4.78 is 0. The maximum Gasteiger partial charge on any atom is 0.240 e. The standard InChI is InChI=1S/C19H33N5O5S/c1-13(2)14-10-18(28)24(19(14)29)11-16(26)23-8-7-22-15(25)4-9-30-12-17(27)21-6-3-5-20/h13-14H,3-12,20H2,1-2H3,(H,21,27)(H,22,25)(H,23,26). The molecule has 1 fully saturated rings. The van der Waals surface area contributed by atoms with Gasteiger partial charge in [-0.25, -0.2) is 0 Å². The van der Waals surface area contributed by atoms with Crippen molar-refractivity contribution in [2.45, 2.75) is 33.1 Å². The lowest BCUT2D eigenvalue weighted by Gasteiger charge is -2.16. The first-order chi connectivity index (χ1) is 14.3. The Labute approximate surface area is 181 Å². The molecule has 1 rings (SSSR count). The van der Waals surface area contributed by atoms with Gasteiger partial charge in [0.2, 0.25) is 29.5 Å². The highest BCUT2D eigenvalue weighted by Gasteiger charge is 2.40. The second kappa shape index (κ2) is 14.0. The van der Waals surface area contributed by atoms with Crippen LogP contribution in [0, 0.1) is 11.8 Å². The van der Waals surface area contributed by atoms with Crippen molar-refractivity contribution in [1.82, 2.24) is 20.9 Å². The molecule has 1 aliphatic rings. The number of nitrogens with two attached hydrogens (primary N) is 1. The first kappa shape index (κ1) is 25.9. The zero-order chi connectivity index (χ0) is 22.5. The summed E-state index contributed by atoms with van der Waals surface area (Å²) in [5.41, 5.74) is 5.35. The fraction of sp³-hybridized carbons (Fsp3) is 0.737. The number of likely N-dealkylation sites (tertiary alicyclic amines) is 1. The minimum absolute atomic E-state index is 0.0495. The summed E-state index contributed by atoms with van der Waals surface area (Å²) in [4.78, 5) is 60.3. The van der Waals surface area contributed by atoms with E-state index < -0.39 is 5.91 Å². The zero-order valence-electron chi connectivity index (χ0n) is 17.7. The number of amides is 5. The van der Waals surface area contributed by atoms with E-state index in [1.807, 2.05) is 13.8 Å². The van der Waals surface area contributed by atoms with Gasteiger partial charge in [0, 0.05) is 44.1 Å². The molecule has 0 aromatic heterocycles. The van der Waals surface area contributed by atoms with Gasteiger partial charge >= 0.3 is 0 Å².